The fourth-order valence-electron chi connectivity index (χ4n) is 4.00. The molecule has 0 saturated carbocycles. The molecular formula is C24H22O4. The Bertz CT molecular complexity index is 1140. The lowest BCUT2D eigenvalue weighted by Crippen LogP contribution is -2.13. The smallest absolute Gasteiger partial charge is 0.374 e. The molecule has 0 saturated heterocycles. The molecular weight excluding hydrogens is 352 g/mol. The first kappa shape index (κ1) is 18.2. The second kappa shape index (κ2) is 7.47. The maximum Gasteiger partial charge on any atom is 0.374 e. The van der Waals surface area contributed by atoms with E-state index in [9.17, 15) is 9.59 Å². The molecule has 28 heavy (non-hydrogen) atoms. The zero-order chi connectivity index (χ0) is 19.7. The Morgan fingerprint density at radius 3 is 2.79 bits per heavy atom. The van der Waals surface area contributed by atoms with E-state index in [2.05, 4.69) is 6.58 Å². The molecule has 0 fully saturated rings. The molecule has 3 aromatic rings. The second-order valence-electron chi connectivity index (χ2n) is 6.96. The van der Waals surface area contributed by atoms with Crippen LogP contribution in [0.2, 0.25) is 0 Å². The molecule has 0 bridgehead atoms. The summed E-state index contributed by atoms with van der Waals surface area (Å²) in [5.41, 5.74) is 5.42. The zero-order valence-electron chi connectivity index (χ0n) is 15.9. The molecule has 0 atom stereocenters. The van der Waals surface area contributed by atoms with Gasteiger partial charge in [0.1, 0.15) is 5.58 Å². The van der Waals surface area contributed by atoms with Crippen LogP contribution < -0.4 is 5.43 Å². The quantitative estimate of drug-likeness (QED) is 0.592. The summed E-state index contributed by atoms with van der Waals surface area (Å²) in [5.74, 6) is -0.686. The number of esters is 1. The van der Waals surface area contributed by atoms with E-state index in [4.69, 9.17) is 9.15 Å². The maximum atomic E-state index is 12.8. The topological polar surface area (TPSA) is 56.5 Å². The Kier molecular flexibility index (Phi) is 4.86. The summed E-state index contributed by atoms with van der Waals surface area (Å²) in [7, 11) is 0. The van der Waals surface area contributed by atoms with Crippen molar-refractivity contribution in [2.24, 2.45) is 0 Å². The fourth-order valence-corrected chi connectivity index (χ4v) is 4.00. The van der Waals surface area contributed by atoms with E-state index in [-0.39, 0.29) is 17.8 Å². The molecule has 2 aromatic carbocycles. The van der Waals surface area contributed by atoms with Crippen LogP contribution in [0.15, 0.2) is 52.2 Å². The van der Waals surface area contributed by atoms with Gasteiger partial charge in [0, 0.05) is 11.6 Å². The van der Waals surface area contributed by atoms with Gasteiger partial charge in [0.15, 0.2) is 5.43 Å². The molecule has 0 N–H and O–H groups in total. The molecule has 4 heteroatoms. The first-order valence-corrected chi connectivity index (χ1v) is 9.65. The van der Waals surface area contributed by atoms with Gasteiger partial charge < -0.3 is 9.15 Å². The summed E-state index contributed by atoms with van der Waals surface area (Å²) in [6, 6.07) is 11.1. The van der Waals surface area contributed by atoms with E-state index in [1.165, 1.54) is 17.2 Å². The lowest BCUT2D eigenvalue weighted by molar-refractivity contribution is 0.0490. The van der Waals surface area contributed by atoms with Crippen molar-refractivity contribution in [2.75, 3.05) is 6.61 Å². The Morgan fingerprint density at radius 2 is 2.00 bits per heavy atom. The molecule has 4 rings (SSSR count). The molecule has 1 aliphatic rings. The molecule has 1 heterocycles. The van der Waals surface area contributed by atoms with Crippen molar-refractivity contribution < 1.29 is 13.9 Å². The lowest BCUT2D eigenvalue weighted by Gasteiger charge is -2.22. The van der Waals surface area contributed by atoms with Crippen molar-refractivity contribution in [1.29, 1.82) is 0 Å². The molecule has 1 aromatic heterocycles. The standard InChI is InChI=1S/C24H22O4/c1-3-15-9-5-7-11-17(15)22-18-12-8-6-10-16(18)13-19-20(25)14-21(28-23(19)22)24(26)27-4-2/h3,5,7,9,11,13-14H,1,4,6,8,10,12H2,2H3. The summed E-state index contributed by atoms with van der Waals surface area (Å²) in [5, 5.41) is 0.502. The monoisotopic (exact) mass is 374 g/mol. The number of aryl methyl sites for hydroxylation is 1. The minimum absolute atomic E-state index is 0.0626. The number of carbonyl (C=O) groups is 1. The normalized spacial score (nSPS) is 13.2. The van der Waals surface area contributed by atoms with Crippen LogP contribution in [0.1, 0.15) is 47.0 Å². The van der Waals surface area contributed by atoms with E-state index in [1.54, 1.807) is 13.0 Å². The van der Waals surface area contributed by atoms with Crippen LogP contribution in [-0.2, 0) is 17.6 Å². The van der Waals surface area contributed by atoms with Crippen molar-refractivity contribution in [1.82, 2.24) is 0 Å². The SMILES string of the molecule is C=Cc1ccccc1-c1c2c(cc3c(=O)cc(C(=O)OCC)oc13)CCCC2. The third-order valence-corrected chi connectivity index (χ3v) is 5.27. The number of fused-ring (bicyclic) bond motifs is 2. The van der Waals surface area contributed by atoms with Gasteiger partial charge >= 0.3 is 5.97 Å². The Balaban J connectivity index is 2.11. The highest BCUT2D eigenvalue weighted by Gasteiger charge is 2.23. The minimum Gasteiger partial charge on any atom is -0.460 e. The first-order chi connectivity index (χ1) is 13.6. The number of rotatable bonds is 4. The number of benzene rings is 2. The van der Waals surface area contributed by atoms with Gasteiger partial charge in [0.05, 0.1) is 12.0 Å². The van der Waals surface area contributed by atoms with Gasteiger partial charge in [-0.3, -0.25) is 4.79 Å². The molecule has 0 radical (unpaired) electrons. The summed E-state index contributed by atoms with van der Waals surface area (Å²) in [6.07, 6.45) is 5.85. The van der Waals surface area contributed by atoms with Gasteiger partial charge in [-0.2, -0.15) is 0 Å². The number of hydrogen-bond donors (Lipinski definition) is 0. The van der Waals surface area contributed by atoms with E-state index in [0.29, 0.717) is 11.0 Å². The van der Waals surface area contributed by atoms with E-state index < -0.39 is 5.97 Å². The molecule has 142 valence electrons. The predicted octanol–water partition coefficient (Wildman–Crippen LogP) is 5.16. The largest absolute Gasteiger partial charge is 0.460 e. The molecule has 0 unspecified atom stereocenters. The van der Waals surface area contributed by atoms with Crippen molar-refractivity contribution in [3.8, 4) is 11.1 Å². The van der Waals surface area contributed by atoms with Gasteiger partial charge in [-0.05, 0) is 60.9 Å². The summed E-state index contributed by atoms with van der Waals surface area (Å²) >= 11 is 0. The van der Waals surface area contributed by atoms with Crippen LogP contribution in [0.3, 0.4) is 0 Å². The zero-order valence-corrected chi connectivity index (χ0v) is 15.9. The fraction of sp³-hybridized carbons (Fsp3) is 0.250. The van der Waals surface area contributed by atoms with Gasteiger partial charge in [-0.1, -0.05) is 36.9 Å². The average molecular weight is 374 g/mol. The lowest BCUT2D eigenvalue weighted by atomic mass is 9.83. The summed E-state index contributed by atoms with van der Waals surface area (Å²) < 4.78 is 11.0. The van der Waals surface area contributed by atoms with Crippen LogP contribution >= 0.6 is 0 Å². The van der Waals surface area contributed by atoms with E-state index in [1.807, 2.05) is 30.3 Å². The number of carbonyl (C=O) groups excluding carboxylic acids is 1. The van der Waals surface area contributed by atoms with Crippen LogP contribution in [-0.4, -0.2) is 12.6 Å². The number of ether oxygens (including phenoxy) is 1. The average Bonchev–Trinajstić information content (AvgIpc) is 2.72. The minimum atomic E-state index is -0.623. The van der Waals surface area contributed by atoms with E-state index in [0.717, 1.165) is 42.4 Å². The predicted molar refractivity (Wildman–Crippen MR) is 111 cm³/mol. The maximum absolute atomic E-state index is 12.8. The first-order valence-electron chi connectivity index (χ1n) is 9.65. The molecule has 0 spiro atoms. The molecule has 0 aliphatic heterocycles. The third-order valence-electron chi connectivity index (χ3n) is 5.27. The van der Waals surface area contributed by atoms with Crippen LogP contribution in [0.25, 0.3) is 28.2 Å². The Labute approximate surface area is 163 Å². The van der Waals surface area contributed by atoms with Gasteiger partial charge in [0.2, 0.25) is 5.76 Å². The second-order valence-corrected chi connectivity index (χ2v) is 6.96. The van der Waals surface area contributed by atoms with Crippen molar-refractivity contribution in [3.63, 3.8) is 0 Å². The van der Waals surface area contributed by atoms with Crippen molar-refractivity contribution >= 4 is 23.0 Å². The highest BCUT2D eigenvalue weighted by Crippen LogP contribution is 2.39. The molecule has 0 amide bonds. The molecule has 1 aliphatic carbocycles. The van der Waals surface area contributed by atoms with Gasteiger partial charge in [-0.25, -0.2) is 4.79 Å². The molecule has 4 nitrogen and oxygen atoms in total. The van der Waals surface area contributed by atoms with Crippen LogP contribution in [0.5, 0.6) is 0 Å². The van der Waals surface area contributed by atoms with Crippen molar-refractivity contribution in [2.45, 2.75) is 32.6 Å². The van der Waals surface area contributed by atoms with E-state index >= 15 is 0 Å². The number of hydrogen-bond acceptors (Lipinski definition) is 4. The summed E-state index contributed by atoms with van der Waals surface area (Å²) in [6.45, 7) is 5.87. The Morgan fingerprint density at radius 1 is 1.21 bits per heavy atom. The van der Waals surface area contributed by atoms with Crippen molar-refractivity contribution in [3.05, 3.63) is 75.7 Å². The van der Waals surface area contributed by atoms with Crippen LogP contribution in [0, 0.1) is 0 Å². The highest BCUT2D eigenvalue weighted by molar-refractivity contribution is 5.99. The third kappa shape index (κ3) is 3.05. The van der Waals surface area contributed by atoms with Gasteiger partial charge in [0.25, 0.3) is 0 Å². The van der Waals surface area contributed by atoms with Gasteiger partial charge in [-0.15, -0.1) is 0 Å². The Hall–Kier alpha value is -3.14. The highest BCUT2D eigenvalue weighted by atomic mass is 16.5. The summed E-state index contributed by atoms with van der Waals surface area (Å²) in [4.78, 5) is 25.1. The van der Waals surface area contributed by atoms with Crippen LogP contribution in [0.4, 0.5) is 0 Å².